The van der Waals surface area contributed by atoms with Crippen molar-refractivity contribution in [3.8, 4) is 18.1 Å². The van der Waals surface area contributed by atoms with Crippen LogP contribution in [0.3, 0.4) is 0 Å². The van der Waals surface area contributed by atoms with Gasteiger partial charge in [0.2, 0.25) is 0 Å². The van der Waals surface area contributed by atoms with Gasteiger partial charge in [-0.1, -0.05) is 17.7 Å². The van der Waals surface area contributed by atoms with Gasteiger partial charge in [0, 0.05) is 29.3 Å². The maximum absolute atomic E-state index is 15.0. The first-order valence-electron chi connectivity index (χ1n) is 10.4. The number of hydrogen-bond donors (Lipinski definition) is 2. The standard InChI is InChI=1S/C23H18F4N6OS/c1-3-4-34-12-7-15-18(29-9-12)19(31-10-30-15)32-11-5-13(17(25)14(24)6-11)22(2)16-8-23(16,20(26)27)35-21(28)33-22/h1,5-7,9-10,16,20H,4,8H2,2H3,(H2,28,33)(H,30,31,32)/t16-,22+,23-/m0/s1. The Morgan fingerprint density at radius 2 is 2.09 bits per heavy atom. The summed E-state index contributed by atoms with van der Waals surface area (Å²) in [7, 11) is 0. The lowest BCUT2D eigenvalue weighted by molar-refractivity contribution is 0.123. The van der Waals surface area contributed by atoms with Gasteiger partial charge in [0.1, 0.15) is 24.2 Å². The number of amidine groups is 1. The molecule has 0 radical (unpaired) electrons. The van der Waals surface area contributed by atoms with E-state index < -0.39 is 34.3 Å². The quantitative estimate of drug-likeness (QED) is 0.382. The van der Waals surface area contributed by atoms with Gasteiger partial charge in [-0.25, -0.2) is 32.5 Å². The molecule has 35 heavy (non-hydrogen) atoms. The molecule has 0 saturated heterocycles. The minimum Gasteiger partial charge on any atom is -0.479 e. The number of nitrogens with zero attached hydrogens (tertiary/aromatic N) is 4. The molecule has 3 atom stereocenters. The van der Waals surface area contributed by atoms with Crippen LogP contribution in [0.4, 0.5) is 29.1 Å². The number of hydrogen-bond acceptors (Lipinski definition) is 8. The maximum atomic E-state index is 15.0. The topological polar surface area (TPSA) is 98.3 Å². The number of pyridine rings is 1. The maximum Gasteiger partial charge on any atom is 0.253 e. The van der Waals surface area contributed by atoms with E-state index in [1.807, 2.05) is 0 Å². The molecule has 5 rings (SSSR count). The predicted octanol–water partition coefficient (Wildman–Crippen LogP) is 4.36. The average molecular weight is 502 g/mol. The van der Waals surface area contributed by atoms with Crippen LogP contribution in [0.1, 0.15) is 18.9 Å². The number of aliphatic imine (C=N–C) groups is 1. The van der Waals surface area contributed by atoms with Crippen LogP contribution in [0.15, 0.2) is 35.7 Å². The summed E-state index contributed by atoms with van der Waals surface area (Å²) in [5, 5.41) is 2.83. The smallest absolute Gasteiger partial charge is 0.253 e. The predicted molar refractivity (Wildman–Crippen MR) is 125 cm³/mol. The van der Waals surface area contributed by atoms with Gasteiger partial charge in [-0.3, -0.25) is 4.99 Å². The van der Waals surface area contributed by atoms with Gasteiger partial charge in [-0.15, -0.1) is 6.42 Å². The van der Waals surface area contributed by atoms with Crippen molar-refractivity contribution in [3.63, 3.8) is 0 Å². The highest BCUT2D eigenvalue weighted by Crippen LogP contribution is 2.68. The molecule has 0 bridgehead atoms. The first kappa shape index (κ1) is 23.2. The minimum atomic E-state index is -2.69. The summed E-state index contributed by atoms with van der Waals surface area (Å²) >= 11 is 0.792. The summed E-state index contributed by atoms with van der Waals surface area (Å²) in [5.74, 6) is -0.0749. The van der Waals surface area contributed by atoms with Gasteiger partial charge >= 0.3 is 0 Å². The van der Waals surface area contributed by atoms with Crippen LogP contribution in [0, 0.1) is 29.9 Å². The molecule has 1 aliphatic carbocycles. The minimum absolute atomic E-state index is 0.0547. The highest BCUT2D eigenvalue weighted by molar-refractivity contribution is 8.15. The van der Waals surface area contributed by atoms with Gasteiger partial charge in [0.25, 0.3) is 6.43 Å². The highest BCUT2D eigenvalue weighted by Gasteiger charge is 2.71. The molecular weight excluding hydrogens is 484 g/mol. The third kappa shape index (κ3) is 3.80. The largest absolute Gasteiger partial charge is 0.479 e. The number of nitrogens with two attached hydrogens (primary N) is 1. The summed E-state index contributed by atoms with van der Waals surface area (Å²) in [5.41, 5.74) is 5.10. The summed E-state index contributed by atoms with van der Waals surface area (Å²) in [4.78, 5) is 16.9. The molecular formula is C23H18F4N6OS. The molecule has 2 aliphatic rings. The second kappa shape index (κ2) is 8.27. The number of fused-ring (bicyclic) bond motifs is 2. The highest BCUT2D eigenvalue weighted by atomic mass is 32.2. The Balaban J connectivity index is 1.53. The molecule has 1 fully saturated rings. The van der Waals surface area contributed by atoms with Crippen molar-refractivity contribution < 1.29 is 22.3 Å². The summed E-state index contributed by atoms with van der Waals surface area (Å²) in [6.07, 6.45) is 5.29. The SMILES string of the molecule is C#CCOc1cnc2c(Nc3cc(F)c(F)c([C@@]4(C)N=C(N)S[C@@]5(C(F)F)C[C@@H]45)c3)ncnc2c1. The van der Waals surface area contributed by atoms with Crippen molar-refractivity contribution in [3.05, 3.63) is 47.9 Å². The molecule has 0 amide bonds. The first-order valence-corrected chi connectivity index (χ1v) is 11.3. The monoisotopic (exact) mass is 502 g/mol. The van der Waals surface area contributed by atoms with E-state index in [2.05, 4.69) is 31.2 Å². The van der Waals surface area contributed by atoms with Crippen molar-refractivity contribution in [2.75, 3.05) is 11.9 Å². The second-order valence-electron chi connectivity index (χ2n) is 8.41. The number of terminal acetylenes is 1. The number of alkyl halides is 2. The summed E-state index contributed by atoms with van der Waals surface area (Å²) < 4.78 is 61.3. The lowest BCUT2D eigenvalue weighted by Gasteiger charge is -2.34. The number of anilines is 2. The van der Waals surface area contributed by atoms with E-state index in [4.69, 9.17) is 16.9 Å². The van der Waals surface area contributed by atoms with Gasteiger partial charge in [0.05, 0.1) is 22.0 Å². The molecule has 3 aromatic rings. The van der Waals surface area contributed by atoms with Crippen LogP contribution in [-0.2, 0) is 5.54 Å². The van der Waals surface area contributed by atoms with E-state index in [0.717, 1.165) is 17.8 Å². The Kier molecular flexibility index (Phi) is 5.47. The zero-order valence-electron chi connectivity index (χ0n) is 18.2. The van der Waals surface area contributed by atoms with Gasteiger partial charge < -0.3 is 15.8 Å². The van der Waals surface area contributed by atoms with Crippen LogP contribution in [0.2, 0.25) is 0 Å². The number of aromatic nitrogens is 3. The Labute approximate surface area is 201 Å². The Morgan fingerprint density at radius 3 is 2.83 bits per heavy atom. The third-order valence-electron chi connectivity index (χ3n) is 6.25. The van der Waals surface area contributed by atoms with E-state index in [-0.39, 0.29) is 35.3 Å². The molecule has 1 aromatic carbocycles. The van der Waals surface area contributed by atoms with Gasteiger partial charge in [-0.2, -0.15) is 0 Å². The van der Waals surface area contributed by atoms with E-state index in [9.17, 15) is 13.2 Å². The van der Waals surface area contributed by atoms with Crippen molar-refractivity contribution >= 4 is 39.5 Å². The Hall–Kier alpha value is -3.59. The third-order valence-corrected chi connectivity index (χ3v) is 7.56. The number of benzene rings is 1. The van der Waals surface area contributed by atoms with Gasteiger partial charge in [-0.05, 0) is 19.4 Å². The van der Waals surface area contributed by atoms with E-state index in [1.54, 1.807) is 6.07 Å². The molecule has 7 nitrogen and oxygen atoms in total. The molecule has 12 heteroatoms. The first-order chi connectivity index (χ1) is 16.7. The fraction of sp³-hybridized carbons (Fsp3) is 0.304. The zero-order chi connectivity index (χ0) is 25.0. The van der Waals surface area contributed by atoms with Crippen LogP contribution >= 0.6 is 11.8 Å². The normalized spacial score (nSPS) is 25.1. The number of thioether (sulfide) groups is 1. The van der Waals surface area contributed by atoms with E-state index in [1.165, 1.54) is 25.5 Å². The van der Waals surface area contributed by atoms with Crippen LogP contribution < -0.4 is 15.8 Å². The molecule has 1 saturated carbocycles. The second-order valence-corrected chi connectivity index (χ2v) is 9.79. The lowest BCUT2D eigenvalue weighted by Crippen LogP contribution is -2.39. The van der Waals surface area contributed by atoms with E-state index >= 15 is 4.39 Å². The Morgan fingerprint density at radius 1 is 1.29 bits per heavy atom. The van der Waals surface area contributed by atoms with Crippen molar-refractivity contribution in [2.45, 2.75) is 30.1 Å². The van der Waals surface area contributed by atoms with Crippen molar-refractivity contribution in [1.29, 1.82) is 0 Å². The molecule has 2 aromatic heterocycles. The number of ether oxygens (including phenoxy) is 1. The fourth-order valence-electron chi connectivity index (χ4n) is 4.49. The fourth-order valence-corrected chi connectivity index (χ4v) is 5.83. The number of rotatable bonds is 6. The van der Waals surface area contributed by atoms with E-state index in [0.29, 0.717) is 16.8 Å². The average Bonchev–Trinajstić information content (AvgIpc) is 3.57. The summed E-state index contributed by atoms with van der Waals surface area (Å²) in [6.45, 7) is 1.55. The zero-order valence-corrected chi connectivity index (χ0v) is 19.0. The molecule has 1 aliphatic heterocycles. The van der Waals surface area contributed by atoms with Gasteiger partial charge in [0.15, 0.2) is 22.6 Å². The molecule has 3 N–H and O–H groups in total. The van der Waals surface area contributed by atoms with Crippen LogP contribution in [-0.4, -0.2) is 37.9 Å². The van der Waals surface area contributed by atoms with Crippen molar-refractivity contribution in [2.24, 2.45) is 16.6 Å². The van der Waals surface area contributed by atoms with Crippen LogP contribution in [0.5, 0.6) is 5.75 Å². The molecule has 3 heterocycles. The molecule has 180 valence electrons. The lowest BCUT2D eigenvalue weighted by atomic mass is 9.85. The van der Waals surface area contributed by atoms with Crippen LogP contribution in [0.25, 0.3) is 11.0 Å². The van der Waals surface area contributed by atoms with Crippen molar-refractivity contribution in [1.82, 2.24) is 15.0 Å². The number of nitrogens with one attached hydrogen (secondary N) is 1. The summed E-state index contributed by atoms with van der Waals surface area (Å²) in [6, 6.07) is 3.88. The molecule has 0 unspecified atom stereocenters. The molecule has 0 spiro atoms. The number of halogens is 4. The Bertz CT molecular complexity index is 1410.